The normalized spacial score (nSPS) is 12.0. The first-order valence-electron chi connectivity index (χ1n) is 17.3. The van der Waals surface area contributed by atoms with Gasteiger partial charge in [0.05, 0.1) is 0 Å². The van der Waals surface area contributed by atoms with Crippen LogP contribution in [0.15, 0.2) is 60.7 Å². The Morgan fingerprint density at radius 2 is 0.714 bits per heavy atom. The summed E-state index contributed by atoms with van der Waals surface area (Å²) in [4.78, 5) is 43.9. The fraction of sp³-hybridized carbons (Fsp3) is 0.375. The molecule has 3 aromatic heterocycles. The van der Waals surface area contributed by atoms with Crippen molar-refractivity contribution in [3.63, 3.8) is 0 Å². The van der Waals surface area contributed by atoms with Gasteiger partial charge < -0.3 is 0 Å². The average molecular weight is 652 g/mol. The summed E-state index contributed by atoms with van der Waals surface area (Å²) >= 11 is 0. The van der Waals surface area contributed by atoms with Crippen LogP contribution in [0.3, 0.4) is 0 Å². The highest BCUT2D eigenvalue weighted by atomic mass is 15.1. The second kappa shape index (κ2) is 13.8. The largest absolute Gasteiger partial charge is 0.217 e. The van der Waals surface area contributed by atoms with Crippen LogP contribution in [0.25, 0.3) is 56.3 Å². The third kappa shape index (κ3) is 7.21. The first kappa shape index (κ1) is 33.8. The van der Waals surface area contributed by atoms with Crippen molar-refractivity contribution in [1.29, 1.82) is 0 Å². The van der Waals surface area contributed by atoms with Crippen LogP contribution in [0.2, 0.25) is 0 Å². The summed E-state index contributed by atoms with van der Waals surface area (Å²) in [5.41, 5.74) is 3.61. The zero-order valence-corrected chi connectivity index (χ0v) is 30.2. The van der Waals surface area contributed by atoms with E-state index in [0.717, 1.165) is 62.1 Å². The molecule has 0 bridgehead atoms. The summed E-state index contributed by atoms with van der Waals surface area (Å²) in [6.07, 6.45) is 0. The molecule has 3 aromatic carbocycles. The third-order valence-corrected chi connectivity index (χ3v) is 8.34. The standard InChI is InChI=1S/C40H45N9/c1-21(2)32-41-33(22(3)4)44-37(43-32)26-15-17-27(18-16-26)38-45-36(25(9)10)48-40(49-38)31-20-29(19-28-13-11-12-14-30(28)31)39-46-34(23(5)6)42-35(47-39)24(7)8/h11-25H,1-10H3. The van der Waals surface area contributed by atoms with Gasteiger partial charge in [0.2, 0.25) is 0 Å². The molecule has 0 radical (unpaired) electrons. The fourth-order valence-electron chi connectivity index (χ4n) is 5.40. The molecule has 0 aliphatic carbocycles. The van der Waals surface area contributed by atoms with E-state index in [9.17, 15) is 0 Å². The summed E-state index contributed by atoms with van der Waals surface area (Å²) in [6.45, 7) is 21.1. The molecular weight excluding hydrogens is 607 g/mol. The Morgan fingerprint density at radius 3 is 1.16 bits per heavy atom. The van der Waals surface area contributed by atoms with E-state index in [2.05, 4.69) is 93.5 Å². The molecule has 0 aliphatic rings. The molecule has 250 valence electrons. The molecule has 9 nitrogen and oxygen atoms in total. The summed E-state index contributed by atoms with van der Waals surface area (Å²) in [5.74, 6) is 7.29. The monoisotopic (exact) mass is 651 g/mol. The number of benzene rings is 3. The van der Waals surface area contributed by atoms with E-state index < -0.39 is 0 Å². The Balaban J connectivity index is 1.48. The second-order valence-electron chi connectivity index (χ2n) is 14.2. The van der Waals surface area contributed by atoms with E-state index in [1.807, 2.05) is 36.4 Å². The lowest BCUT2D eigenvalue weighted by Gasteiger charge is -2.15. The van der Waals surface area contributed by atoms with Gasteiger partial charge >= 0.3 is 0 Å². The maximum Gasteiger partial charge on any atom is 0.164 e. The van der Waals surface area contributed by atoms with Gasteiger partial charge in [-0.05, 0) is 22.9 Å². The van der Waals surface area contributed by atoms with Gasteiger partial charge in [0, 0.05) is 51.8 Å². The lowest BCUT2D eigenvalue weighted by Crippen LogP contribution is -2.08. The van der Waals surface area contributed by atoms with Crippen molar-refractivity contribution in [2.45, 2.75) is 98.8 Å². The Bertz CT molecular complexity index is 2060. The van der Waals surface area contributed by atoms with E-state index in [-0.39, 0.29) is 29.6 Å². The molecule has 0 spiro atoms. The van der Waals surface area contributed by atoms with Gasteiger partial charge in [-0.15, -0.1) is 0 Å². The molecule has 0 atom stereocenters. The van der Waals surface area contributed by atoms with Crippen molar-refractivity contribution in [2.75, 3.05) is 0 Å². The summed E-state index contributed by atoms with van der Waals surface area (Å²) in [7, 11) is 0. The molecule has 0 N–H and O–H groups in total. The highest BCUT2D eigenvalue weighted by Crippen LogP contribution is 2.34. The SMILES string of the molecule is CC(C)c1nc(-c2ccc(-c3nc(C(C)C)nc(C(C)C)n3)cc2)nc(-c2cc(-c3nc(C(C)C)nc(C(C)C)n3)cc3ccccc23)n1. The summed E-state index contributed by atoms with van der Waals surface area (Å²) in [5, 5.41) is 2.11. The van der Waals surface area contributed by atoms with Gasteiger partial charge in [0.15, 0.2) is 23.3 Å². The lowest BCUT2D eigenvalue weighted by molar-refractivity contribution is 0.697. The quantitative estimate of drug-likeness (QED) is 0.151. The average Bonchev–Trinajstić information content (AvgIpc) is 3.10. The first-order chi connectivity index (χ1) is 23.4. The first-order valence-corrected chi connectivity index (χ1v) is 17.3. The zero-order valence-electron chi connectivity index (χ0n) is 30.2. The van der Waals surface area contributed by atoms with Crippen molar-refractivity contribution >= 4 is 10.8 Å². The van der Waals surface area contributed by atoms with Crippen molar-refractivity contribution in [1.82, 2.24) is 44.9 Å². The highest BCUT2D eigenvalue weighted by molar-refractivity contribution is 5.98. The van der Waals surface area contributed by atoms with E-state index in [0.29, 0.717) is 23.3 Å². The second-order valence-corrected chi connectivity index (χ2v) is 14.2. The molecule has 3 heterocycles. The number of aromatic nitrogens is 9. The molecule has 0 fully saturated rings. The number of rotatable bonds is 9. The molecule has 0 aliphatic heterocycles. The predicted molar refractivity (Wildman–Crippen MR) is 196 cm³/mol. The van der Waals surface area contributed by atoms with E-state index in [1.165, 1.54) is 0 Å². The minimum absolute atomic E-state index is 0.0917. The summed E-state index contributed by atoms with van der Waals surface area (Å²) in [6, 6.07) is 20.7. The molecule has 9 heteroatoms. The molecule has 0 amide bonds. The third-order valence-electron chi connectivity index (χ3n) is 8.34. The smallest absolute Gasteiger partial charge is 0.164 e. The van der Waals surface area contributed by atoms with E-state index in [1.54, 1.807) is 0 Å². The van der Waals surface area contributed by atoms with Crippen LogP contribution in [-0.2, 0) is 0 Å². The minimum atomic E-state index is 0.0917. The van der Waals surface area contributed by atoms with Crippen LogP contribution in [-0.4, -0.2) is 44.9 Å². The maximum absolute atomic E-state index is 5.09. The molecular formula is C40H45N9. The number of hydrogen-bond acceptors (Lipinski definition) is 9. The van der Waals surface area contributed by atoms with Crippen LogP contribution in [0.5, 0.6) is 0 Å². The minimum Gasteiger partial charge on any atom is -0.217 e. The lowest BCUT2D eigenvalue weighted by atomic mass is 9.99. The number of fused-ring (bicyclic) bond motifs is 1. The molecule has 6 aromatic rings. The molecule has 0 unspecified atom stereocenters. The van der Waals surface area contributed by atoms with Crippen LogP contribution in [0, 0.1) is 0 Å². The maximum atomic E-state index is 5.09. The van der Waals surface area contributed by atoms with Gasteiger partial charge in [-0.3, -0.25) is 0 Å². The van der Waals surface area contributed by atoms with Crippen LogP contribution < -0.4 is 0 Å². The van der Waals surface area contributed by atoms with Crippen LogP contribution >= 0.6 is 0 Å². The van der Waals surface area contributed by atoms with Gasteiger partial charge in [-0.25, -0.2) is 44.9 Å². The van der Waals surface area contributed by atoms with Crippen molar-refractivity contribution in [2.24, 2.45) is 0 Å². The van der Waals surface area contributed by atoms with Crippen molar-refractivity contribution in [3.05, 3.63) is 89.8 Å². The Hall–Kier alpha value is -5.05. The van der Waals surface area contributed by atoms with Gasteiger partial charge in [-0.2, -0.15) is 0 Å². The molecule has 49 heavy (non-hydrogen) atoms. The van der Waals surface area contributed by atoms with E-state index in [4.69, 9.17) is 44.9 Å². The van der Waals surface area contributed by atoms with Gasteiger partial charge in [0.25, 0.3) is 0 Å². The van der Waals surface area contributed by atoms with Gasteiger partial charge in [-0.1, -0.05) is 118 Å². The highest BCUT2D eigenvalue weighted by Gasteiger charge is 2.20. The van der Waals surface area contributed by atoms with Crippen LogP contribution in [0.1, 0.15) is 128 Å². The Labute approximate surface area is 289 Å². The number of nitrogens with zero attached hydrogens (tertiary/aromatic N) is 9. The summed E-state index contributed by atoms with van der Waals surface area (Å²) < 4.78 is 0. The van der Waals surface area contributed by atoms with E-state index >= 15 is 0 Å². The van der Waals surface area contributed by atoms with Crippen LogP contribution in [0.4, 0.5) is 0 Å². The molecule has 0 saturated heterocycles. The predicted octanol–water partition coefficient (Wildman–Crippen LogP) is 9.68. The van der Waals surface area contributed by atoms with Crippen molar-refractivity contribution in [3.8, 4) is 45.6 Å². The molecule has 0 saturated carbocycles. The Morgan fingerprint density at radius 1 is 0.347 bits per heavy atom. The fourth-order valence-corrected chi connectivity index (χ4v) is 5.40. The Kier molecular flexibility index (Phi) is 9.54. The molecule has 6 rings (SSSR count). The zero-order chi connectivity index (χ0) is 35.0. The van der Waals surface area contributed by atoms with Gasteiger partial charge in [0.1, 0.15) is 29.1 Å². The topological polar surface area (TPSA) is 116 Å². The van der Waals surface area contributed by atoms with Crippen molar-refractivity contribution < 1.29 is 0 Å². The number of hydrogen-bond donors (Lipinski definition) is 0.